The van der Waals surface area contributed by atoms with Gasteiger partial charge >= 0.3 is 0 Å². The van der Waals surface area contributed by atoms with Crippen molar-refractivity contribution < 1.29 is 0 Å². The topological polar surface area (TPSA) is 28.7 Å². The lowest BCUT2D eigenvalue weighted by Crippen LogP contribution is -2.32. The van der Waals surface area contributed by atoms with Crippen molar-refractivity contribution in [3.63, 3.8) is 0 Å². The molecule has 1 heterocycles. The van der Waals surface area contributed by atoms with Gasteiger partial charge in [-0.1, -0.05) is 6.07 Å². The van der Waals surface area contributed by atoms with Gasteiger partial charge in [0.1, 0.15) is 0 Å². The molecule has 1 aromatic heterocycles. The second-order valence-corrected chi connectivity index (χ2v) is 5.17. The maximum absolute atomic E-state index is 9.37. The van der Waals surface area contributed by atoms with Gasteiger partial charge in [-0.15, -0.1) is 0 Å². The molecule has 1 aromatic carbocycles. The Kier molecular flexibility index (Phi) is 2.06. The summed E-state index contributed by atoms with van der Waals surface area (Å²) in [6.07, 6.45) is 3.21. The number of hydrogen-bond donors (Lipinski definition) is 0. The van der Waals surface area contributed by atoms with E-state index in [2.05, 4.69) is 48.9 Å². The fourth-order valence-electron chi connectivity index (χ4n) is 2.78. The molecule has 0 amide bonds. The van der Waals surface area contributed by atoms with Crippen LogP contribution in [-0.4, -0.2) is 4.57 Å². The molecule has 0 saturated heterocycles. The molecule has 2 aromatic rings. The van der Waals surface area contributed by atoms with Crippen LogP contribution in [0.2, 0.25) is 0 Å². The zero-order chi connectivity index (χ0) is 12.0. The van der Waals surface area contributed by atoms with Crippen molar-refractivity contribution in [1.82, 2.24) is 4.57 Å². The third-order valence-corrected chi connectivity index (χ3v) is 4.26. The van der Waals surface area contributed by atoms with Gasteiger partial charge in [-0.25, -0.2) is 0 Å². The van der Waals surface area contributed by atoms with Crippen molar-refractivity contribution in [2.24, 2.45) is 7.05 Å². The Labute approximate surface area is 101 Å². The van der Waals surface area contributed by atoms with E-state index in [1.165, 1.54) is 28.6 Å². The maximum Gasteiger partial charge on any atom is 0.0822 e. The van der Waals surface area contributed by atoms with Crippen LogP contribution < -0.4 is 0 Å². The van der Waals surface area contributed by atoms with Crippen LogP contribution >= 0.6 is 0 Å². The molecule has 1 fully saturated rings. The fraction of sp³-hybridized carbons (Fsp3) is 0.400. The van der Waals surface area contributed by atoms with Gasteiger partial charge in [-0.2, -0.15) is 5.26 Å². The molecule has 0 unspecified atom stereocenters. The lowest BCUT2D eigenvalue weighted by Gasteiger charge is -2.35. The highest BCUT2D eigenvalue weighted by atomic mass is 14.9. The summed E-state index contributed by atoms with van der Waals surface area (Å²) in [4.78, 5) is 0. The Morgan fingerprint density at radius 3 is 2.65 bits per heavy atom. The lowest BCUT2D eigenvalue weighted by atomic mass is 9.65. The van der Waals surface area contributed by atoms with E-state index in [-0.39, 0.29) is 5.41 Å². The number of aryl methyl sites for hydroxylation is 2. The second-order valence-electron chi connectivity index (χ2n) is 5.17. The molecule has 0 aliphatic heterocycles. The average Bonchev–Trinajstić information content (AvgIpc) is 2.54. The van der Waals surface area contributed by atoms with Crippen LogP contribution in [0.25, 0.3) is 10.9 Å². The zero-order valence-electron chi connectivity index (χ0n) is 10.3. The first-order valence-corrected chi connectivity index (χ1v) is 6.14. The minimum Gasteiger partial charge on any atom is -0.348 e. The number of hydrogen-bond acceptors (Lipinski definition) is 1. The molecule has 2 nitrogen and oxygen atoms in total. The maximum atomic E-state index is 9.37. The summed E-state index contributed by atoms with van der Waals surface area (Å²) in [5.74, 6) is 0. The molecule has 0 atom stereocenters. The van der Waals surface area contributed by atoms with Crippen LogP contribution in [0.1, 0.15) is 30.5 Å². The highest BCUT2D eigenvalue weighted by molar-refractivity contribution is 5.82. The molecule has 2 heteroatoms. The first kappa shape index (κ1) is 10.4. The number of nitriles is 1. The highest BCUT2D eigenvalue weighted by Gasteiger charge is 2.38. The number of fused-ring (bicyclic) bond motifs is 1. The van der Waals surface area contributed by atoms with Crippen molar-refractivity contribution in [2.45, 2.75) is 31.6 Å². The van der Waals surface area contributed by atoms with Gasteiger partial charge in [-0.05, 0) is 49.9 Å². The lowest BCUT2D eigenvalue weighted by molar-refractivity contribution is 0.324. The summed E-state index contributed by atoms with van der Waals surface area (Å²) in [7, 11) is 2.08. The largest absolute Gasteiger partial charge is 0.348 e. The highest BCUT2D eigenvalue weighted by Crippen LogP contribution is 2.43. The molecule has 86 valence electrons. The molecule has 1 aliphatic carbocycles. The number of nitrogens with zero attached hydrogens (tertiary/aromatic N) is 2. The van der Waals surface area contributed by atoms with Crippen molar-refractivity contribution in [3.8, 4) is 6.07 Å². The molecule has 17 heavy (non-hydrogen) atoms. The van der Waals surface area contributed by atoms with E-state index in [4.69, 9.17) is 0 Å². The van der Waals surface area contributed by atoms with Gasteiger partial charge in [-0.3, -0.25) is 0 Å². The smallest absolute Gasteiger partial charge is 0.0822 e. The van der Waals surface area contributed by atoms with Gasteiger partial charge in [0.2, 0.25) is 0 Å². The Hall–Kier alpha value is -1.75. The molecule has 0 spiro atoms. The van der Waals surface area contributed by atoms with E-state index in [0.29, 0.717) is 0 Å². The first-order valence-electron chi connectivity index (χ1n) is 6.14. The van der Waals surface area contributed by atoms with Gasteiger partial charge in [0.05, 0.1) is 11.5 Å². The predicted molar refractivity (Wildman–Crippen MR) is 68.8 cm³/mol. The SMILES string of the molecule is Cc1cc2cc(C3(C#N)CCC3)ccc2n1C. The van der Waals surface area contributed by atoms with Gasteiger partial charge in [0.25, 0.3) is 0 Å². The summed E-state index contributed by atoms with van der Waals surface area (Å²) >= 11 is 0. The van der Waals surface area contributed by atoms with Crippen LogP contribution in [0, 0.1) is 18.3 Å². The van der Waals surface area contributed by atoms with Gasteiger partial charge in [0, 0.05) is 23.6 Å². The zero-order valence-corrected chi connectivity index (χ0v) is 10.3. The van der Waals surface area contributed by atoms with Crippen LogP contribution in [0.15, 0.2) is 24.3 Å². The molecular formula is C15H16N2. The van der Waals surface area contributed by atoms with Crippen molar-refractivity contribution in [2.75, 3.05) is 0 Å². The number of rotatable bonds is 1. The van der Waals surface area contributed by atoms with E-state index in [0.717, 1.165) is 12.8 Å². The minimum atomic E-state index is -0.196. The standard InChI is InChI=1S/C15H16N2/c1-11-8-12-9-13(4-5-14(12)17(11)2)15(10-16)6-3-7-15/h4-5,8-9H,3,6-7H2,1-2H3. The van der Waals surface area contributed by atoms with E-state index >= 15 is 0 Å². The Morgan fingerprint density at radius 2 is 2.06 bits per heavy atom. The van der Waals surface area contributed by atoms with Crippen LogP contribution in [0.3, 0.4) is 0 Å². The van der Waals surface area contributed by atoms with Crippen molar-refractivity contribution >= 4 is 10.9 Å². The molecule has 1 saturated carbocycles. The molecule has 1 aliphatic rings. The molecule has 3 rings (SSSR count). The summed E-state index contributed by atoms with van der Waals surface area (Å²) in [5.41, 5.74) is 3.51. The third-order valence-electron chi connectivity index (χ3n) is 4.26. The van der Waals surface area contributed by atoms with Gasteiger partial charge < -0.3 is 4.57 Å². The Morgan fingerprint density at radius 1 is 1.29 bits per heavy atom. The van der Waals surface area contributed by atoms with E-state index in [1.807, 2.05) is 0 Å². The predicted octanol–water partition coefficient (Wildman–Crippen LogP) is 3.43. The first-order chi connectivity index (χ1) is 8.16. The molecule has 0 bridgehead atoms. The molecule has 0 N–H and O–H groups in total. The van der Waals surface area contributed by atoms with Crippen LogP contribution in [-0.2, 0) is 12.5 Å². The third kappa shape index (κ3) is 1.32. The molecular weight excluding hydrogens is 208 g/mol. The summed E-state index contributed by atoms with van der Waals surface area (Å²) in [6.45, 7) is 2.11. The van der Waals surface area contributed by atoms with E-state index < -0.39 is 0 Å². The summed E-state index contributed by atoms with van der Waals surface area (Å²) in [5, 5.41) is 10.6. The summed E-state index contributed by atoms with van der Waals surface area (Å²) in [6, 6.07) is 11.2. The summed E-state index contributed by atoms with van der Waals surface area (Å²) < 4.78 is 2.19. The molecule has 0 radical (unpaired) electrons. The van der Waals surface area contributed by atoms with Crippen molar-refractivity contribution in [3.05, 3.63) is 35.5 Å². The fourth-order valence-corrected chi connectivity index (χ4v) is 2.78. The van der Waals surface area contributed by atoms with E-state index in [1.54, 1.807) is 0 Å². The van der Waals surface area contributed by atoms with Gasteiger partial charge in [0.15, 0.2) is 0 Å². The van der Waals surface area contributed by atoms with Crippen LogP contribution in [0.5, 0.6) is 0 Å². The quantitative estimate of drug-likeness (QED) is 0.729. The van der Waals surface area contributed by atoms with E-state index in [9.17, 15) is 5.26 Å². The average molecular weight is 224 g/mol. The normalized spacial score (nSPS) is 17.7. The Bertz CT molecular complexity index is 624. The Balaban J connectivity index is 2.18. The monoisotopic (exact) mass is 224 g/mol. The van der Waals surface area contributed by atoms with Crippen molar-refractivity contribution in [1.29, 1.82) is 5.26 Å². The second kappa shape index (κ2) is 3.37. The van der Waals surface area contributed by atoms with Crippen LogP contribution in [0.4, 0.5) is 0 Å². The minimum absolute atomic E-state index is 0.196. The number of aromatic nitrogens is 1. The number of benzene rings is 1.